The van der Waals surface area contributed by atoms with Crippen molar-refractivity contribution in [1.82, 2.24) is 15.1 Å². The van der Waals surface area contributed by atoms with E-state index in [4.69, 9.17) is 5.73 Å². The molecule has 0 saturated carbocycles. The van der Waals surface area contributed by atoms with Gasteiger partial charge in [-0.15, -0.1) is 0 Å². The summed E-state index contributed by atoms with van der Waals surface area (Å²) in [6.07, 6.45) is 5.63. The smallest absolute Gasteiger partial charge is 0.251 e. The Kier molecular flexibility index (Phi) is 4.18. The lowest BCUT2D eigenvalue weighted by Crippen LogP contribution is -2.24. The Balaban J connectivity index is 1.75. The van der Waals surface area contributed by atoms with Crippen molar-refractivity contribution in [3.05, 3.63) is 47.8 Å². The Morgan fingerprint density at radius 1 is 1.47 bits per heavy atom. The van der Waals surface area contributed by atoms with Gasteiger partial charge in [-0.2, -0.15) is 5.10 Å². The van der Waals surface area contributed by atoms with E-state index < -0.39 is 0 Å². The third kappa shape index (κ3) is 3.84. The first-order chi connectivity index (χ1) is 9.15. The quantitative estimate of drug-likeness (QED) is 0.628. The minimum absolute atomic E-state index is 0.0847. The number of carbonyl (C=O) groups is 1. The predicted octanol–water partition coefficient (Wildman–Crippen LogP) is 1.36. The highest BCUT2D eigenvalue weighted by Gasteiger charge is 2.04. The predicted molar refractivity (Wildman–Crippen MR) is 74.7 cm³/mol. The van der Waals surface area contributed by atoms with Crippen molar-refractivity contribution in [3.8, 4) is 0 Å². The molecule has 1 aromatic carbocycles. The van der Waals surface area contributed by atoms with Crippen molar-refractivity contribution in [2.24, 2.45) is 7.05 Å². The van der Waals surface area contributed by atoms with E-state index in [9.17, 15) is 4.79 Å². The maximum absolute atomic E-state index is 11.8. The maximum atomic E-state index is 11.8. The Labute approximate surface area is 112 Å². The highest BCUT2D eigenvalue weighted by atomic mass is 16.1. The summed E-state index contributed by atoms with van der Waals surface area (Å²) in [5.74, 6) is -0.0847. The van der Waals surface area contributed by atoms with Gasteiger partial charge in [0.1, 0.15) is 0 Å². The number of aromatic nitrogens is 2. The Bertz CT molecular complexity index is 562. The summed E-state index contributed by atoms with van der Waals surface area (Å²) in [5, 5.41) is 6.98. The summed E-state index contributed by atoms with van der Waals surface area (Å²) in [5.41, 5.74) is 8.02. The molecule has 1 amide bonds. The third-order valence-electron chi connectivity index (χ3n) is 2.83. The van der Waals surface area contributed by atoms with E-state index in [-0.39, 0.29) is 5.91 Å². The standard InChI is InChI=1S/C14H18N4O/c1-18-10-11(9-17-18)4-3-7-16-14(19)12-5-2-6-13(15)8-12/h2,5-6,8-10H,3-4,7,15H2,1H3,(H,16,19). The van der Waals surface area contributed by atoms with Gasteiger partial charge in [0.2, 0.25) is 0 Å². The second-order valence-corrected chi connectivity index (χ2v) is 4.51. The van der Waals surface area contributed by atoms with E-state index in [1.165, 1.54) is 5.56 Å². The van der Waals surface area contributed by atoms with Crippen LogP contribution in [0.2, 0.25) is 0 Å². The Morgan fingerprint density at radius 2 is 2.32 bits per heavy atom. The molecule has 19 heavy (non-hydrogen) atoms. The van der Waals surface area contributed by atoms with Crippen molar-refractivity contribution < 1.29 is 4.79 Å². The molecule has 0 bridgehead atoms. The number of nitrogen functional groups attached to an aromatic ring is 1. The van der Waals surface area contributed by atoms with Crippen LogP contribution in [0, 0.1) is 0 Å². The van der Waals surface area contributed by atoms with Crippen LogP contribution in [0.3, 0.4) is 0 Å². The van der Waals surface area contributed by atoms with Crippen LogP contribution in [-0.4, -0.2) is 22.2 Å². The summed E-state index contributed by atoms with van der Waals surface area (Å²) < 4.78 is 1.78. The lowest BCUT2D eigenvalue weighted by Gasteiger charge is -2.05. The van der Waals surface area contributed by atoms with Gasteiger partial charge >= 0.3 is 0 Å². The van der Waals surface area contributed by atoms with Crippen molar-refractivity contribution in [1.29, 1.82) is 0 Å². The summed E-state index contributed by atoms with van der Waals surface area (Å²) in [4.78, 5) is 11.8. The first kappa shape index (κ1) is 13.1. The fraction of sp³-hybridized carbons (Fsp3) is 0.286. The molecule has 0 spiro atoms. The number of hydrogen-bond donors (Lipinski definition) is 2. The van der Waals surface area contributed by atoms with Crippen LogP contribution in [0.25, 0.3) is 0 Å². The van der Waals surface area contributed by atoms with E-state index in [0.717, 1.165) is 12.8 Å². The van der Waals surface area contributed by atoms with E-state index >= 15 is 0 Å². The first-order valence-corrected chi connectivity index (χ1v) is 6.26. The van der Waals surface area contributed by atoms with Crippen molar-refractivity contribution in [3.63, 3.8) is 0 Å². The van der Waals surface area contributed by atoms with Gasteiger partial charge in [-0.05, 0) is 36.6 Å². The summed E-state index contributed by atoms with van der Waals surface area (Å²) in [6.45, 7) is 0.641. The van der Waals surface area contributed by atoms with Gasteiger partial charge in [0, 0.05) is 31.0 Å². The summed E-state index contributed by atoms with van der Waals surface area (Å²) >= 11 is 0. The van der Waals surface area contributed by atoms with Gasteiger partial charge in [0.25, 0.3) is 5.91 Å². The minimum Gasteiger partial charge on any atom is -0.399 e. The molecular weight excluding hydrogens is 240 g/mol. The monoisotopic (exact) mass is 258 g/mol. The van der Waals surface area contributed by atoms with Crippen LogP contribution in [0.15, 0.2) is 36.7 Å². The number of carbonyl (C=O) groups excluding carboxylic acids is 1. The number of aryl methyl sites for hydroxylation is 2. The van der Waals surface area contributed by atoms with E-state index in [2.05, 4.69) is 10.4 Å². The van der Waals surface area contributed by atoms with Crippen LogP contribution in [0.4, 0.5) is 5.69 Å². The largest absolute Gasteiger partial charge is 0.399 e. The van der Waals surface area contributed by atoms with Crippen molar-refractivity contribution >= 4 is 11.6 Å². The number of nitrogens with one attached hydrogen (secondary N) is 1. The fourth-order valence-electron chi connectivity index (χ4n) is 1.88. The summed E-state index contributed by atoms with van der Waals surface area (Å²) in [6, 6.07) is 6.97. The van der Waals surface area contributed by atoms with Crippen LogP contribution < -0.4 is 11.1 Å². The van der Waals surface area contributed by atoms with E-state index in [1.807, 2.05) is 19.4 Å². The molecule has 0 fully saturated rings. The van der Waals surface area contributed by atoms with Crippen LogP contribution in [0.1, 0.15) is 22.3 Å². The molecular formula is C14H18N4O. The maximum Gasteiger partial charge on any atom is 0.251 e. The molecule has 0 aliphatic carbocycles. The normalized spacial score (nSPS) is 10.4. The number of nitrogens with two attached hydrogens (primary N) is 1. The Morgan fingerprint density at radius 3 is 3.00 bits per heavy atom. The number of hydrogen-bond acceptors (Lipinski definition) is 3. The molecule has 0 atom stereocenters. The molecule has 2 aromatic rings. The zero-order valence-electron chi connectivity index (χ0n) is 11.0. The fourth-order valence-corrected chi connectivity index (χ4v) is 1.88. The third-order valence-corrected chi connectivity index (χ3v) is 2.83. The minimum atomic E-state index is -0.0847. The van der Waals surface area contributed by atoms with Gasteiger partial charge in [0.05, 0.1) is 6.20 Å². The number of benzene rings is 1. The molecule has 0 aliphatic rings. The van der Waals surface area contributed by atoms with Gasteiger partial charge < -0.3 is 11.1 Å². The number of anilines is 1. The molecule has 0 aliphatic heterocycles. The SMILES string of the molecule is Cn1cc(CCCNC(=O)c2cccc(N)c2)cn1. The zero-order valence-corrected chi connectivity index (χ0v) is 11.0. The van der Waals surface area contributed by atoms with Gasteiger partial charge in [-0.3, -0.25) is 9.48 Å². The highest BCUT2D eigenvalue weighted by Crippen LogP contribution is 2.06. The van der Waals surface area contributed by atoms with E-state index in [0.29, 0.717) is 17.8 Å². The molecule has 2 rings (SSSR count). The average Bonchev–Trinajstić information content (AvgIpc) is 2.80. The van der Waals surface area contributed by atoms with Crippen LogP contribution >= 0.6 is 0 Å². The first-order valence-electron chi connectivity index (χ1n) is 6.26. The Hall–Kier alpha value is -2.30. The molecule has 0 unspecified atom stereocenters. The van der Waals surface area contributed by atoms with Crippen molar-refractivity contribution in [2.45, 2.75) is 12.8 Å². The van der Waals surface area contributed by atoms with Gasteiger partial charge in [0.15, 0.2) is 0 Å². The average molecular weight is 258 g/mol. The topological polar surface area (TPSA) is 72.9 Å². The second kappa shape index (κ2) is 6.04. The lowest BCUT2D eigenvalue weighted by atomic mass is 10.1. The lowest BCUT2D eigenvalue weighted by molar-refractivity contribution is 0.0953. The molecule has 0 saturated heterocycles. The molecule has 5 heteroatoms. The summed E-state index contributed by atoms with van der Waals surface area (Å²) in [7, 11) is 1.89. The number of nitrogens with zero attached hydrogens (tertiary/aromatic N) is 2. The molecule has 0 radical (unpaired) electrons. The molecule has 5 nitrogen and oxygen atoms in total. The van der Waals surface area contributed by atoms with Crippen LogP contribution in [0.5, 0.6) is 0 Å². The van der Waals surface area contributed by atoms with E-state index in [1.54, 1.807) is 28.9 Å². The molecule has 1 heterocycles. The number of rotatable bonds is 5. The zero-order chi connectivity index (χ0) is 13.7. The van der Waals surface area contributed by atoms with Gasteiger partial charge in [-0.1, -0.05) is 6.07 Å². The molecule has 3 N–H and O–H groups in total. The molecule has 1 aromatic heterocycles. The van der Waals surface area contributed by atoms with Crippen molar-refractivity contribution in [2.75, 3.05) is 12.3 Å². The van der Waals surface area contributed by atoms with Gasteiger partial charge in [-0.25, -0.2) is 0 Å². The molecule has 100 valence electrons. The second-order valence-electron chi connectivity index (χ2n) is 4.51. The van der Waals surface area contributed by atoms with Crippen LogP contribution in [-0.2, 0) is 13.5 Å². The highest BCUT2D eigenvalue weighted by molar-refractivity contribution is 5.94. The number of amides is 1.